The second-order valence-corrected chi connectivity index (χ2v) is 7.88. The lowest BCUT2D eigenvalue weighted by atomic mass is 9.92. The van der Waals surface area contributed by atoms with E-state index in [1.165, 1.54) is 25.7 Å². The fourth-order valence-electron chi connectivity index (χ4n) is 1.73. The van der Waals surface area contributed by atoms with Crippen LogP contribution in [0.25, 0.3) is 0 Å². The highest BCUT2D eigenvalue weighted by Crippen LogP contribution is 2.42. The summed E-state index contributed by atoms with van der Waals surface area (Å²) in [6, 6.07) is 1.07. The molecule has 0 aliphatic heterocycles. The highest BCUT2D eigenvalue weighted by atomic mass is 35.7. The summed E-state index contributed by atoms with van der Waals surface area (Å²) in [7, 11) is -1.03. The molecule has 0 spiro atoms. The van der Waals surface area contributed by atoms with Gasteiger partial charge in [-0.3, -0.25) is 0 Å². The zero-order chi connectivity index (χ0) is 7.61. The van der Waals surface area contributed by atoms with Gasteiger partial charge in [0, 0.05) is 0 Å². The SMILES string of the molecule is CC1(C[Si](Cl)Cl)CCCC1. The molecule has 1 aliphatic rings. The van der Waals surface area contributed by atoms with Gasteiger partial charge < -0.3 is 0 Å². The fourth-order valence-corrected chi connectivity index (χ4v) is 4.66. The van der Waals surface area contributed by atoms with Gasteiger partial charge in [-0.1, -0.05) is 19.8 Å². The van der Waals surface area contributed by atoms with Crippen LogP contribution >= 0.6 is 22.2 Å². The Bertz CT molecular complexity index is 108. The Morgan fingerprint density at radius 2 is 1.80 bits per heavy atom. The molecule has 1 fully saturated rings. The Hall–Kier alpha value is 0.797. The van der Waals surface area contributed by atoms with Gasteiger partial charge in [-0.2, -0.15) is 0 Å². The van der Waals surface area contributed by atoms with Crippen LogP contribution in [-0.4, -0.2) is 7.42 Å². The zero-order valence-electron chi connectivity index (χ0n) is 6.29. The lowest BCUT2D eigenvalue weighted by Crippen LogP contribution is -2.15. The summed E-state index contributed by atoms with van der Waals surface area (Å²) in [5, 5.41) is 0. The van der Waals surface area contributed by atoms with Crippen LogP contribution in [0.2, 0.25) is 6.04 Å². The molecule has 59 valence electrons. The van der Waals surface area contributed by atoms with Crippen LogP contribution in [0.3, 0.4) is 0 Å². The molecule has 1 radical (unpaired) electrons. The summed E-state index contributed by atoms with van der Waals surface area (Å²) in [5.41, 5.74) is 0.498. The van der Waals surface area contributed by atoms with E-state index < -0.39 is 7.42 Å². The maximum absolute atomic E-state index is 5.81. The largest absolute Gasteiger partial charge is 0.274 e. The smallest absolute Gasteiger partial charge is 0.147 e. The molecule has 10 heavy (non-hydrogen) atoms. The number of hydrogen-bond donors (Lipinski definition) is 0. The van der Waals surface area contributed by atoms with Gasteiger partial charge in [0.1, 0.15) is 0 Å². The summed E-state index contributed by atoms with van der Waals surface area (Å²) in [5.74, 6) is 0. The summed E-state index contributed by atoms with van der Waals surface area (Å²) in [6.45, 7) is 2.31. The fraction of sp³-hybridized carbons (Fsp3) is 1.00. The quantitative estimate of drug-likeness (QED) is 0.468. The van der Waals surface area contributed by atoms with Crippen LogP contribution in [0, 0.1) is 5.41 Å². The molecule has 0 N–H and O–H groups in total. The highest BCUT2D eigenvalue weighted by molar-refractivity contribution is 7.33. The van der Waals surface area contributed by atoms with Gasteiger partial charge in [-0.05, 0) is 24.3 Å². The minimum absolute atomic E-state index is 0.498. The monoisotopic (exact) mass is 195 g/mol. The van der Waals surface area contributed by atoms with Crippen molar-refractivity contribution < 1.29 is 0 Å². The van der Waals surface area contributed by atoms with E-state index in [4.69, 9.17) is 22.2 Å². The first-order chi connectivity index (χ1) is 4.62. The predicted molar refractivity (Wildman–Crippen MR) is 48.8 cm³/mol. The Balaban J connectivity index is 2.36. The minimum Gasteiger partial charge on any atom is -0.147 e. The van der Waals surface area contributed by atoms with E-state index in [0.29, 0.717) is 5.41 Å². The molecular weight excluding hydrogens is 183 g/mol. The first-order valence-corrected chi connectivity index (χ1v) is 7.52. The molecule has 0 unspecified atom stereocenters. The summed E-state index contributed by atoms with van der Waals surface area (Å²) >= 11 is 11.6. The lowest BCUT2D eigenvalue weighted by Gasteiger charge is -2.22. The van der Waals surface area contributed by atoms with Crippen molar-refractivity contribution in [3.63, 3.8) is 0 Å². The van der Waals surface area contributed by atoms with E-state index in [1.54, 1.807) is 0 Å². The molecule has 3 heteroatoms. The summed E-state index contributed by atoms with van der Waals surface area (Å²) < 4.78 is 0. The van der Waals surface area contributed by atoms with Gasteiger partial charge in [0.2, 0.25) is 0 Å². The second-order valence-electron chi connectivity index (χ2n) is 3.53. The molecular formula is C7H13Cl2Si. The molecule has 0 heterocycles. The molecule has 0 aromatic carbocycles. The molecule has 0 amide bonds. The number of hydrogen-bond acceptors (Lipinski definition) is 0. The molecule has 0 atom stereocenters. The average Bonchev–Trinajstić information content (AvgIpc) is 2.12. The molecule has 0 saturated heterocycles. The Morgan fingerprint density at radius 3 is 2.20 bits per heavy atom. The van der Waals surface area contributed by atoms with E-state index in [9.17, 15) is 0 Å². The van der Waals surface area contributed by atoms with Crippen molar-refractivity contribution in [2.75, 3.05) is 0 Å². The number of halogens is 2. The second kappa shape index (κ2) is 3.46. The van der Waals surface area contributed by atoms with E-state index >= 15 is 0 Å². The first kappa shape index (κ1) is 8.89. The van der Waals surface area contributed by atoms with Crippen molar-refractivity contribution in [3.8, 4) is 0 Å². The van der Waals surface area contributed by atoms with E-state index in [0.717, 1.165) is 6.04 Å². The predicted octanol–water partition coefficient (Wildman–Crippen LogP) is 3.53. The first-order valence-electron chi connectivity index (χ1n) is 3.79. The van der Waals surface area contributed by atoms with Gasteiger partial charge in [-0.15, -0.1) is 22.2 Å². The van der Waals surface area contributed by atoms with Crippen LogP contribution < -0.4 is 0 Å². The molecule has 0 nitrogen and oxygen atoms in total. The third-order valence-corrected chi connectivity index (χ3v) is 4.29. The van der Waals surface area contributed by atoms with Crippen molar-refractivity contribution in [2.24, 2.45) is 5.41 Å². The van der Waals surface area contributed by atoms with Crippen LogP contribution in [-0.2, 0) is 0 Å². The van der Waals surface area contributed by atoms with Crippen molar-refractivity contribution >= 4 is 29.6 Å². The summed E-state index contributed by atoms with van der Waals surface area (Å²) in [4.78, 5) is 0. The van der Waals surface area contributed by atoms with Crippen molar-refractivity contribution in [3.05, 3.63) is 0 Å². The highest BCUT2D eigenvalue weighted by Gasteiger charge is 2.31. The standard InChI is InChI=1S/C7H13Cl2Si/c1-7(6-10(8)9)4-2-3-5-7/h2-6H2,1H3. The maximum Gasteiger partial charge on any atom is 0.274 e. The van der Waals surface area contributed by atoms with Crippen molar-refractivity contribution in [1.82, 2.24) is 0 Å². The van der Waals surface area contributed by atoms with Gasteiger partial charge >= 0.3 is 0 Å². The van der Waals surface area contributed by atoms with Crippen LogP contribution in [0.1, 0.15) is 32.6 Å². The Labute approximate surface area is 73.9 Å². The molecule has 0 aromatic heterocycles. The van der Waals surface area contributed by atoms with Crippen molar-refractivity contribution in [2.45, 2.75) is 38.7 Å². The average molecular weight is 196 g/mol. The molecule has 0 aromatic rings. The normalized spacial score (nSPS) is 24.0. The topological polar surface area (TPSA) is 0 Å². The van der Waals surface area contributed by atoms with Gasteiger partial charge in [0.25, 0.3) is 7.42 Å². The van der Waals surface area contributed by atoms with E-state index in [1.807, 2.05) is 0 Å². The molecule has 1 aliphatic carbocycles. The Morgan fingerprint density at radius 1 is 1.30 bits per heavy atom. The van der Waals surface area contributed by atoms with Crippen LogP contribution in [0.5, 0.6) is 0 Å². The molecule has 1 rings (SSSR count). The third kappa shape index (κ3) is 2.44. The zero-order valence-corrected chi connectivity index (χ0v) is 8.80. The van der Waals surface area contributed by atoms with Gasteiger partial charge in [0.15, 0.2) is 0 Å². The Kier molecular flexibility index (Phi) is 3.08. The maximum atomic E-state index is 5.81. The summed E-state index contributed by atoms with van der Waals surface area (Å²) in [6.07, 6.45) is 5.42. The number of rotatable bonds is 2. The van der Waals surface area contributed by atoms with Crippen LogP contribution in [0.15, 0.2) is 0 Å². The van der Waals surface area contributed by atoms with Crippen LogP contribution in [0.4, 0.5) is 0 Å². The van der Waals surface area contributed by atoms with Gasteiger partial charge in [0.05, 0.1) is 0 Å². The molecule has 1 saturated carbocycles. The van der Waals surface area contributed by atoms with E-state index in [-0.39, 0.29) is 0 Å². The van der Waals surface area contributed by atoms with Crippen molar-refractivity contribution in [1.29, 1.82) is 0 Å². The minimum atomic E-state index is -1.03. The van der Waals surface area contributed by atoms with E-state index in [2.05, 4.69) is 6.92 Å². The lowest BCUT2D eigenvalue weighted by molar-refractivity contribution is 0.381. The van der Waals surface area contributed by atoms with Gasteiger partial charge in [-0.25, -0.2) is 0 Å². The molecule has 0 bridgehead atoms. The third-order valence-electron chi connectivity index (χ3n) is 2.37.